The Morgan fingerprint density at radius 3 is 1.66 bits per heavy atom. The minimum atomic E-state index is -4.87. The van der Waals surface area contributed by atoms with Crippen LogP contribution in [0.2, 0.25) is 0 Å². The molecule has 4 atom stereocenters. The summed E-state index contributed by atoms with van der Waals surface area (Å²) in [5.41, 5.74) is 0. The van der Waals surface area contributed by atoms with Crippen molar-refractivity contribution in [2.24, 2.45) is 5.92 Å². The van der Waals surface area contributed by atoms with E-state index in [9.17, 15) is 33.8 Å². The Hall–Kier alpha value is -1.96. The molecule has 0 bridgehead atoms. The van der Waals surface area contributed by atoms with Gasteiger partial charge in [0.1, 0.15) is 12.7 Å². The molecule has 0 aliphatic rings. The summed E-state index contributed by atoms with van der Waals surface area (Å²) in [6.45, 7) is 3.83. The molecule has 0 rings (SSSR count). The second kappa shape index (κ2) is 37.8. The molecule has 16 heteroatoms. The lowest BCUT2D eigenvalue weighted by atomic mass is 10.0. The van der Waals surface area contributed by atoms with Crippen molar-refractivity contribution in [1.82, 2.24) is 0 Å². The first-order chi connectivity index (χ1) is 28.1. The maximum Gasteiger partial charge on any atom is 0.472 e. The van der Waals surface area contributed by atoms with Gasteiger partial charge in [0, 0.05) is 12.8 Å². The van der Waals surface area contributed by atoms with Crippen molar-refractivity contribution in [2.75, 3.05) is 26.4 Å². The Morgan fingerprint density at radius 1 is 0.576 bits per heavy atom. The van der Waals surface area contributed by atoms with Crippen LogP contribution in [0.15, 0.2) is 48.6 Å². The van der Waals surface area contributed by atoms with Crippen molar-refractivity contribution in [3.63, 3.8) is 0 Å². The zero-order valence-electron chi connectivity index (χ0n) is 36.1. The van der Waals surface area contributed by atoms with Crippen molar-refractivity contribution in [3.05, 3.63) is 48.6 Å². The van der Waals surface area contributed by atoms with E-state index < -0.39 is 66.2 Å². The van der Waals surface area contributed by atoms with Gasteiger partial charge < -0.3 is 34.4 Å². The molecule has 0 spiro atoms. The van der Waals surface area contributed by atoms with Crippen LogP contribution in [-0.4, -0.2) is 81.6 Å². The Kier molecular flexibility index (Phi) is 36.5. The van der Waals surface area contributed by atoms with Crippen LogP contribution in [-0.2, 0) is 41.8 Å². The molecule has 0 saturated heterocycles. The quantitative estimate of drug-likeness (QED) is 0.0168. The number of phosphoric ester groups is 2. The molecule has 0 aromatic carbocycles. The lowest BCUT2D eigenvalue weighted by molar-refractivity contribution is -0.161. The highest BCUT2D eigenvalue weighted by molar-refractivity contribution is 7.47. The summed E-state index contributed by atoms with van der Waals surface area (Å²) in [5.74, 6) is -0.340. The summed E-state index contributed by atoms with van der Waals surface area (Å²) in [7, 11) is -9.70. The van der Waals surface area contributed by atoms with Crippen LogP contribution in [0.4, 0.5) is 0 Å². The van der Waals surface area contributed by atoms with Crippen LogP contribution in [0.5, 0.6) is 0 Å². The number of phosphoric acid groups is 2. The molecule has 0 amide bonds. The minimum absolute atomic E-state index is 0.0385. The normalized spacial score (nSPS) is 15.1. The molecule has 0 radical (unpaired) electrons. The molecular weight excluding hydrogens is 802 g/mol. The third-order valence-corrected chi connectivity index (χ3v) is 10.4. The molecular formula is C43H78O14P2. The van der Waals surface area contributed by atoms with Crippen molar-refractivity contribution in [3.8, 4) is 0 Å². The number of hydrogen-bond donors (Lipinski definition) is 5. The number of unbranched alkanes of at least 4 members (excludes halogenated alkanes) is 12. The lowest BCUT2D eigenvalue weighted by Crippen LogP contribution is -2.29. The van der Waals surface area contributed by atoms with E-state index in [1.54, 1.807) is 0 Å². The maximum atomic E-state index is 12.6. The Morgan fingerprint density at radius 2 is 1.08 bits per heavy atom. The second-order valence-electron chi connectivity index (χ2n) is 15.3. The number of aliphatic hydroxyl groups excluding tert-OH is 2. The van der Waals surface area contributed by atoms with Crippen LogP contribution in [0.25, 0.3) is 0 Å². The van der Waals surface area contributed by atoms with Crippen molar-refractivity contribution in [2.45, 2.75) is 180 Å². The first-order valence-electron chi connectivity index (χ1n) is 21.8. The van der Waals surface area contributed by atoms with Gasteiger partial charge in [-0.05, 0) is 50.9 Å². The van der Waals surface area contributed by atoms with Crippen LogP contribution in [0.1, 0.15) is 162 Å². The summed E-state index contributed by atoms with van der Waals surface area (Å²) >= 11 is 0. The number of esters is 2. The number of hydrogen-bond acceptors (Lipinski definition) is 11. The standard InChI is InChI=1S/C43H78O14P2/c1-4-5-30-39(44)31-26-22-18-14-10-6-7-11-16-20-24-28-33-43(47)57-41(37-56-59(51,52)55-35-40(45)34-54-58(48,49)50)36-53-42(46)32-27-23-19-15-12-8-9-13-17-21-25-29-38(2)3/h6-7,14,16,18,20,26,31,38-41,44-45H,4-5,8-13,15,17,19,21-25,27-30,32-37H2,1-3H3,(H,51,52)(H2,48,49,50)/b7-6-,18-14-,20-16-,31-26-/t39-,40+,41-/m1/s1. The highest BCUT2D eigenvalue weighted by Crippen LogP contribution is 2.43. The predicted molar refractivity (Wildman–Crippen MR) is 231 cm³/mol. The van der Waals surface area contributed by atoms with E-state index in [-0.39, 0.29) is 18.9 Å². The highest BCUT2D eigenvalue weighted by Gasteiger charge is 2.28. The van der Waals surface area contributed by atoms with Gasteiger partial charge in [0.2, 0.25) is 0 Å². The lowest BCUT2D eigenvalue weighted by Gasteiger charge is -2.20. The van der Waals surface area contributed by atoms with Crippen LogP contribution in [0.3, 0.4) is 0 Å². The van der Waals surface area contributed by atoms with Gasteiger partial charge >= 0.3 is 27.6 Å². The van der Waals surface area contributed by atoms with Crippen molar-refractivity contribution >= 4 is 27.6 Å². The summed E-state index contributed by atoms with van der Waals surface area (Å²) in [6.07, 6.45) is 33.1. The smallest absolute Gasteiger partial charge is 0.462 e. The molecule has 344 valence electrons. The SMILES string of the molecule is CCCC[C@@H](O)/C=C\C/C=C\C/C=C\C/C=C\CCCC(=O)O[C@H](COC(=O)CCCCCCCCCCCCCC(C)C)COP(=O)(O)OC[C@@H](O)COP(=O)(O)O. The number of carbonyl (C=O) groups excluding carboxylic acids is 2. The highest BCUT2D eigenvalue weighted by atomic mass is 31.2. The summed E-state index contributed by atoms with van der Waals surface area (Å²) < 4.78 is 47.7. The molecule has 5 N–H and O–H groups in total. The number of allylic oxidation sites excluding steroid dienone is 7. The average Bonchev–Trinajstić information content (AvgIpc) is 3.18. The van der Waals surface area contributed by atoms with Gasteiger partial charge in [-0.2, -0.15) is 0 Å². The molecule has 0 fully saturated rings. The Labute approximate surface area is 354 Å². The van der Waals surface area contributed by atoms with Crippen LogP contribution < -0.4 is 0 Å². The molecule has 59 heavy (non-hydrogen) atoms. The maximum absolute atomic E-state index is 12.6. The molecule has 0 saturated carbocycles. The fourth-order valence-electron chi connectivity index (χ4n) is 5.60. The van der Waals surface area contributed by atoms with Gasteiger partial charge in [-0.15, -0.1) is 0 Å². The number of rotatable bonds is 40. The van der Waals surface area contributed by atoms with Crippen molar-refractivity contribution < 1.29 is 66.7 Å². The zero-order chi connectivity index (χ0) is 44.0. The van der Waals surface area contributed by atoms with E-state index in [0.717, 1.165) is 63.7 Å². The fourth-order valence-corrected chi connectivity index (χ4v) is 6.76. The van der Waals surface area contributed by atoms with Gasteiger partial charge in [0.25, 0.3) is 0 Å². The van der Waals surface area contributed by atoms with Crippen LogP contribution >= 0.6 is 15.6 Å². The number of carbonyl (C=O) groups is 2. The van der Waals surface area contributed by atoms with E-state index in [4.69, 9.17) is 23.8 Å². The first kappa shape index (κ1) is 57.0. The molecule has 0 aromatic rings. The van der Waals surface area contributed by atoms with Crippen molar-refractivity contribution in [1.29, 1.82) is 0 Å². The van der Waals surface area contributed by atoms with E-state index in [1.807, 2.05) is 30.4 Å². The van der Waals surface area contributed by atoms with E-state index in [0.29, 0.717) is 19.3 Å². The third-order valence-electron chi connectivity index (χ3n) is 8.96. The summed E-state index contributed by atoms with van der Waals surface area (Å²) in [5, 5.41) is 19.6. The number of ether oxygens (including phenoxy) is 2. The van der Waals surface area contributed by atoms with E-state index >= 15 is 0 Å². The van der Waals surface area contributed by atoms with Gasteiger partial charge in [-0.1, -0.05) is 153 Å². The van der Waals surface area contributed by atoms with Gasteiger partial charge in [0.05, 0.1) is 25.9 Å². The van der Waals surface area contributed by atoms with Gasteiger partial charge in [0.15, 0.2) is 6.10 Å². The van der Waals surface area contributed by atoms with Gasteiger partial charge in [-0.3, -0.25) is 23.2 Å². The summed E-state index contributed by atoms with van der Waals surface area (Å²) in [6, 6.07) is 0. The van der Waals surface area contributed by atoms with E-state index in [1.165, 1.54) is 51.4 Å². The second-order valence-corrected chi connectivity index (χ2v) is 18.0. The molecule has 0 aromatic heterocycles. The topological polar surface area (TPSA) is 216 Å². The minimum Gasteiger partial charge on any atom is -0.462 e. The largest absolute Gasteiger partial charge is 0.472 e. The molecule has 0 aliphatic carbocycles. The third kappa shape index (κ3) is 42.5. The monoisotopic (exact) mass is 880 g/mol. The fraction of sp³-hybridized carbons (Fsp3) is 0.767. The average molecular weight is 881 g/mol. The van der Waals surface area contributed by atoms with Gasteiger partial charge in [-0.25, -0.2) is 9.13 Å². The number of aliphatic hydroxyl groups is 2. The molecule has 14 nitrogen and oxygen atoms in total. The Bertz CT molecular complexity index is 1260. The van der Waals surface area contributed by atoms with Crippen LogP contribution in [0, 0.1) is 5.92 Å². The van der Waals surface area contributed by atoms with E-state index in [2.05, 4.69) is 48.0 Å². The Balaban J connectivity index is 4.65. The molecule has 0 aliphatic heterocycles. The predicted octanol–water partition coefficient (Wildman–Crippen LogP) is 9.89. The zero-order valence-corrected chi connectivity index (χ0v) is 37.9. The first-order valence-corrected chi connectivity index (χ1v) is 24.8. The molecule has 1 unspecified atom stereocenters. The summed E-state index contributed by atoms with van der Waals surface area (Å²) in [4.78, 5) is 52.6. The molecule has 0 heterocycles.